The maximum absolute atomic E-state index is 14.0. The molecular formula is C13H14BrFN4O4. The number of carboxylic acid groups (broad SMARTS) is 1. The van der Waals surface area contributed by atoms with Crippen molar-refractivity contribution >= 4 is 39.7 Å². The van der Waals surface area contributed by atoms with E-state index < -0.39 is 42.7 Å². The Bertz CT molecular complexity index is 644. The fourth-order valence-electron chi connectivity index (χ4n) is 2.39. The molecule has 0 spiro atoms. The number of rotatable bonds is 3. The molecule has 2 rings (SSSR count). The van der Waals surface area contributed by atoms with E-state index in [4.69, 9.17) is 5.11 Å². The van der Waals surface area contributed by atoms with E-state index in [1.165, 1.54) is 13.0 Å². The van der Waals surface area contributed by atoms with Crippen LogP contribution in [0.15, 0.2) is 22.8 Å². The first kappa shape index (κ1) is 17.1. The van der Waals surface area contributed by atoms with E-state index >= 15 is 0 Å². The molecule has 3 atom stereocenters. The Morgan fingerprint density at radius 3 is 2.70 bits per heavy atom. The highest BCUT2D eigenvalue weighted by atomic mass is 79.9. The largest absolute Gasteiger partial charge is 0.465 e. The molecule has 23 heavy (non-hydrogen) atoms. The number of amides is 3. The van der Waals surface area contributed by atoms with Crippen LogP contribution in [-0.4, -0.2) is 57.7 Å². The average Bonchev–Trinajstić information content (AvgIpc) is 2.75. The minimum atomic E-state index is -1.68. The third-order valence-electron chi connectivity index (χ3n) is 3.29. The van der Waals surface area contributed by atoms with Gasteiger partial charge in [0.2, 0.25) is 5.91 Å². The van der Waals surface area contributed by atoms with Gasteiger partial charge in [-0.3, -0.25) is 14.5 Å². The zero-order valence-corrected chi connectivity index (χ0v) is 13.6. The molecule has 0 aliphatic carbocycles. The van der Waals surface area contributed by atoms with Gasteiger partial charge >= 0.3 is 6.09 Å². The second kappa shape index (κ2) is 6.90. The van der Waals surface area contributed by atoms with Gasteiger partial charge in [0.05, 0.1) is 12.6 Å². The zero-order chi connectivity index (χ0) is 17.1. The van der Waals surface area contributed by atoms with Gasteiger partial charge in [-0.25, -0.2) is 14.2 Å². The smallest absolute Gasteiger partial charge is 0.408 e. The quantitative estimate of drug-likeness (QED) is 0.668. The van der Waals surface area contributed by atoms with Gasteiger partial charge in [-0.05, 0) is 28.1 Å². The molecule has 3 N–H and O–H groups in total. The Balaban J connectivity index is 2.24. The van der Waals surface area contributed by atoms with Crippen LogP contribution in [-0.2, 0) is 9.59 Å². The minimum Gasteiger partial charge on any atom is -0.465 e. The number of pyridine rings is 1. The fraction of sp³-hybridized carbons (Fsp3) is 0.385. The van der Waals surface area contributed by atoms with E-state index in [0.29, 0.717) is 9.50 Å². The molecule has 2 heterocycles. The van der Waals surface area contributed by atoms with Crippen molar-refractivity contribution in [1.29, 1.82) is 0 Å². The summed E-state index contributed by atoms with van der Waals surface area (Å²) < 4.78 is 14.5. The van der Waals surface area contributed by atoms with Crippen LogP contribution in [0.2, 0.25) is 0 Å². The van der Waals surface area contributed by atoms with E-state index in [1.54, 1.807) is 12.1 Å². The molecule has 3 amide bonds. The van der Waals surface area contributed by atoms with Crippen molar-refractivity contribution in [1.82, 2.24) is 15.2 Å². The van der Waals surface area contributed by atoms with E-state index in [2.05, 4.69) is 31.5 Å². The van der Waals surface area contributed by atoms with Gasteiger partial charge in [-0.2, -0.15) is 0 Å². The lowest BCUT2D eigenvalue weighted by Crippen LogP contribution is -2.53. The van der Waals surface area contributed by atoms with Crippen molar-refractivity contribution in [3.05, 3.63) is 22.8 Å². The van der Waals surface area contributed by atoms with Crippen LogP contribution in [0.4, 0.5) is 15.0 Å². The molecular weight excluding hydrogens is 375 g/mol. The summed E-state index contributed by atoms with van der Waals surface area (Å²) in [4.78, 5) is 39.5. The molecule has 3 unspecified atom stereocenters. The lowest BCUT2D eigenvalue weighted by molar-refractivity contribution is -0.122. The molecule has 1 fully saturated rings. The van der Waals surface area contributed by atoms with Crippen molar-refractivity contribution in [3.63, 3.8) is 0 Å². The number of nitrogens with zero attached hydrogens (tertiary/aromatic N) is 2. The Morgan fingerprint density at radius 1 is 1.43 bits per heavy atom. The van der Waals surface area contributed by atoms with Crippen LogP contribution in [0.3, 0.4) is 0 Å². The SMILES string of the molecule is CC(=O)NC1C(F)CN(C(=O)O)C1C(=O)Nc1cccc(Br)n1. The summed E-state index contributed by atoms with van der Waals surface area (Å²) in [5, 5.41) is 13.9. The topological polar surface area (TPSA) is 112 Å². The van der Waals surface area contributed by atoms with E-state index in [-0.39, 0.29) is 5.82 Å². The average molecular weight is 389 g/mol. The van der Waals surface area contributed by atoms with Crippen molar-refractivity contribution in [3.8, 4) is 0 Å². The van der Waals surface area contributed by atoms with Crippen molar-refractivity contribution in [2.45, 2.75) is 25.2 Å². The zero-order valence-electron chi connectivity index (χ0n) is 12.0. The highest BCUT2D eigenvalue weighted by molar-refractivity contribution is 9.10. The predicted molar refractivity (Wildman–Crippen MR) is 81.6 cm³/mol. The van der Waals surface area contributed by atoms with Gasteiger partial charge < -0.3 is 15.7 Å². The summed E-state index contributed by atoms with van der Waals surface area (Å²) >= 11 is 3.14. The van der Waals surface area contributed by atoms with Crippen LogP contribution in [0, 0.1) is 0 Å². The summed E-state index contributed by atoms with van der Waals surface area (Å²) in [7, 11) is 0. The van der Waals surface area contributed by atoms with Crippen LogP contribution in [0.1, 0.15) is 6.92 Å². The van der Waals surface area contributed by atoms with Crippen LogP contribution >= 0.6 is 15.9 Å². The summed E-state index contributed by atoms with van der Waals surface area (Å²) in [5.74, 6) is -1.14. The highest BCUT2D eigenvalue weighted by Crippen LogP contribution is 2.23. The number of hydrogen-bond acceptors (Lipinski definition) is 4. The lowest BCUT2D eigenvalue weighted by Gasteiger charge is -2.25. The van der Waals surface area contributed by atoms with Gasteiger partial charge in [0.1, 0.15) is 22.6 Å². The van der Waals surface area contributed by atoms with Gasteiger partial charge in [-0.15, -0.1) is 0 Å². The Morgan fingerprint density at radius 2 is 2.13 bits per heavy atom. The summed E-state index contributed by atoms with van der Waals surface area (Å²) in [6, 6.07) is 2.14. The predicted octanol–water partition coefficient (Wildman–Crippen LogP) is 0.988. The van der Waals surface area contributed by atoms with Gasteiger partial charge in [-0.1, -0.05) is 6.07 Å². The number of anilines is 1. The second-order valence-electron chi connectivity index (χ2n) is 4.96. The number of likely N-dealkylation sites (tertiary alicyclic amines) is 1. The van der Waals surface area contributed by atoms with Crippen LogP contribution in [0.5, 0.6) is 0 Å². The van der Waals surface area contributed by atoms with E-state index in [0.717, 1.165) is 0 Å². The molecule has 1 saturated heterocycles. The number of hydrogen-bond donors (Lipinski definition) is 3. The molecule has 10 heteroatoms. The number of nitrogens with one attached hydrogen (secondary N) is 2. The molecule has 0 radical (unpaired) electrons. The summed E-state index contributed by atoms with van der Waals surface area (Å²) in [6.45, 7) is 0.672. The Kier molecular flexibility index (Phi) is 5.14. The molecule has 0 bridgehead atoms. The first-order valence-corrected chi connectivity index (χ1v) is 7.43. The van der Waals surface area contributed by atoms with E-state index in [9.17, 15) is 18.8 Å². The molecule has 8 nitrogen and oxygen atoms in total. The molecule has 1 aromatic heterocycles. The molecule has 124 valence electrons. The normalized spacial score (nSPS) is 23.4. The van der Waals surface area contributed by atoms with Crippen molar-refractivity contribution in [2.24, 2.45) is 0 Å². The van der Waals surface area contributed by atoms with Crippen molar-refractivity contribution < 1.29 is 23.9 Å². The third kappa shape index (κ3) is 3.95. The number of alkyl halides is 1. The minimum absolute atomic E-state index is 0.179. The standard InChI is InChI=1S/C13H14BrFN4O4/c1-6(20)16-10-7(15)5-19(13(22)23)11(10)12(21)18-9-4-2-3-8(14)17-9/h2-4,7,10-11H,5H2,1H3,(H,16,20)(H,22,23)(H,17,18,21). The van der Waals surface area contributed by atoms with Gasteiger partial charge in [0, 0.05) is 6.92 Å². The molecule has 0 saturated carbocycles. The fourth-order valence-corrected chi connectivity index (χ4v) is 2.73. The second-order valence-corrected chi connectivity index (χ2v) is 5.77. The summed E-state index contributed by atoms with van der Waals surface area (Å²) in [6.07, 6.45) is -3.12. The van der Waals surface area contributed by atoms with Gasteiger partial charge in [0.25, 0.3) is 5.91 Å². The van der Waals surface area contributed by atoms with Gasteiger partial charge in [0.15, 0.2) is 0 Å². The van der Waals surface area contributed by atoms with Crippen molar-refractivity contribution in [2.75, 3.05) is 11.9 Å². The Labute approximate surface area is 139 Å². The number of carbonyl (C=O) groups is 3. The highest BCUT2D eigenvalue weighted by Gasteiger charge is 2.49. The first-order valence-electron chi connectivity index (χ1n) is 6.63. The number of carbonyl (C=O) groups excluding carboxylic acids is 2. The Hall–Kier alpha value is -2.23. The lowest BCUT2D eigenvalue weighted by atomic mass is 10.1. The first-order chi connectivity index (χ1) is 10.8. The number of aromatic nitrogens is 1. The molecule has 0 aromatic carbocycles. The molecule has 1 aliphatic heterocycles. The molecule has 1 aromatic rings. The van der Waals surface area contributed by atoms with Crippen LogP contribution < -0.4 is 10.6 Å². The van der Waals surface area contributed by atoms with Crippen LogP contribution in [0.25, 0.3) is 0 Å². The van der Waals surface area contributed by atoms with E-state index in [1.807, 2.05) is 0 Å². The molecule has 1 aliphatic rings. The summed E-state index contributed by atoms with van der Waals surface area (Å²) in [5.41, 5.74) is 0. The third-order valence-corrected chi connectivity index (χ3v) is 3.73. The monoisotopic (exact) mass is 388 g/mol. The number of halogens is 2. The maximum atomic E-state index is 14.0. The maximum Gasteiger partial charge on any atom is 0.408 e.